The summed E-state index contributed by atoms with van der Waals surface area (Å²) in [6.07, 6.45) is 0. The minimum absolute atomic E-state index is 0.0131. The van der Waals surface area contributed by atoms with Gasteiger partial charge in [-0.1, -0.05) is 17.7 Å². The van der Waals surface area contributed by atoms with Crippen LogP contribution in [0.3, 0.4) is 0 Å². The van der Waals surface area contributed by atoms with Gasteiger partial charge < -0.3 is 9.84 Å². The number of phenols is 1. The molecule has 0 spiro atoms. The Balaban J connectivity index is 2.19. The molecule has 2 aromatic carbocycles. The van der Waals surface area contributed by atoms with E-state index >= 15 is 0 Å². The molecule has 0 bridgehead atoms. The second-order valence-electron chi connectivity index (χ2n) is 3.78. The van der Waals surface area contributed by atoms with Crippen LogP contribution in [0.1, 0.15) is 5.56 Å². The molecular formula is C13H10ClNO4. The van der Waals surface area contributed by atoms with Crippen molar-refractivity contribution in [3.63, 3.8) is 0 Å². The first-order chi connectivity index (χ1) is 9.08. The van der Waals surface area contributed by atoms with Crippen LogP contribution in [0.2, 0.25) is 5.02 Å². The molecule has 6 heteroatoms. The average Bonchev–Trinajstić information content (AvgIpc) is 2.39. The molecule has 0 saturated heterocycles. The summed E-state index contributed by atoms with van der Waals surface area (Å²) in [5.74, 6) is 0.614. The van der Waals surface area contributed by atoms with Gasteiger partial charge in [0.1, 0.15) is 18.1 Å². The van der Waals surface area contributed by atoms with Crippen LogP contribution in [0.4, 0.5) is 5.69 Å². The first-order valence-corrected chi connectivity index (χ1v) is 5.79. The lowest BCUT2D eigenvalue weighted by atomic mass is 10.2. The van der Waals surface area contributed by atoms with Gasteiger partial charge in [0.25, 0.3) is 5.69 Å². The summed E-state index contributed by atoms with van der Waals surface area (Å²) < 4.78 is 5.42. The van der Waals surface area contributed by atoms with E-state index in [9.17, 15) is 10.1 Å². The molecular weight excluding hydrogens is 270 g/mol. The van der Waals surface area contributed by atoms with E-state index in [-0.39, 0.29) is 23.1 Å². The van der Waals surface area contributed by atoms with Gasteiger partial charge in [-0.05, 0) is 30.3 Å². The SMILES string of the molecule is O=[N+]([O-])c1cccc(Cl)c1COc1ccc(O)cc1. The van der Waals surface area contributed by atoms with Gasteiger partial charge in [0.2, 0.25) is 0 Å². The Labute approximate surface area is 114 Å². The summed E-state index contributed by atoms with van der Waals surface area (Å²) >= 11 is 5.94. The normalized spacial score (nSPS) is 10.2. The minimum atomic E-state index is -0.499. The third-order valence-electron chi connectivity index (χ3n) is 2.51. The first-order valence-electron chi connectivity index (χ1n) is 5.41. The molecule has 0 aliphatic heterocycles. The maximum atomic E-state index is 10.9. The molecule has 5 nitrogen and oxygen atoms in total. The summed E-state index contributed by atoms with van der Waals surface area (Å²) in [6, 6.07) is 10.5. The monoisotopic (exact) mass is 279 g/mol. The highest BCUT2D eigenvalue weighted by molar-refractivity contribution is 6.31. The number of nitrogens with zero attached hydrogens (tertiary/aromatic N) is 1. The van der Waals surface area contributed by atoms with E-state index in [0.29, 0.717) is 11.3 Å². The van der Waals surface area contributed by atoms with Crippen LogP contribution in [0, 0.1) is 10.1 Å². The highest BCUT2D eigenvalue weighted by Crippen LogP contribution is 2.27. The second kappa shape index (κ2) is 5.58. The molecule has 19 heavy (non-hydrogen) atoms. The zero-order valence-corrected chi connectivity index (χ0v) is 10.5. The molecule has 0 aliphatic carbocycles. The summed E-state index contributed by atoms with van der Waals surface area (Å²) in [4.78, 5) is 10.4. The van der Waals surface area contributed by atoms with Crippen LogP contribution >= 0.6 is 11.6 Å². The van der Waals surface area contributed by atoms with Gasteiger partial charge in [-0.15, -0.1) is 0 Å². The van der Waals surface area contributed by atoms with Crippen molar-refractivity contribution < 1.29 is 14.8 Å². The van der Waals surface area contributed by atoms with E-state index in [4.69, 9.17) is 21.4 Å². The molecule has 0 heterocycles. The van der Waals surface area contributed by atoms with Crippen molar-refractivity contribution in [2.24, 2.45) is 0 Å². The topological polar surface area (TPSA) is 72.6 Å². The zero-order valence-electron chi connectivity index (χ0n) is 9.75. The van der Waals surface area contributed by atoms with Crippen molar-refractivity contribution >= 4 is 17.3 Å². The number of ether oxygens (including phenoxy) is 1. The van der Waals surface area contributed by atoms with Crippen molar-refractivity contribution in [1.29, 1.82) is 0 Å². The molecule has 0 radical (unpaired) electrons. The molecule has 2 rings (SSSR count). The highest BCUT2D eigenvalue weighted by atomic mass is 35.5. The molecule has 0 aromatic heterocycles. The van der Waals surface area contributed by atoms with Crippen LogP contribution in [0.25, 0.3) is 0 Å². The zero-order chi connectivity index (χ0) is 13.8. The van der Waals surface area contributed by atoms with Crippen molar-refractivity contribution in [2.75, 3.05) is 0 Å². The fourth-order valence-electron chi connectivity index (χ4n) is 1.56. The fourth-order valence-corrected chi connectivity index (χ4v) is 1.78. The number of phenolic OH excluding ortho intramolecular Hbond substituents is 1. The standard InChI is InChI=1S/C13H10ClNO4/c14-12-2-1-3-13(15(17)18)11(12)8-19-10-6-4-9(16)5-7-10/h1-7,16H,8H2. The average molecular weight is 280 g/mol. The van der Waals surface area contributed by atoms with Gasteiger partial charge in [0.05, 0.1) is 15.5 Å². The molecule has 98 valence electrons. The quantitative estimate of drug-likeness (QED) is 0.686. The Morgan fingerprint density at radius 1 is 1.21 bits per heavy atom. The van der Waals surface area contributed by atoms with E-state index in [0.717, 1.165) is 0 Å². The van der Waals surface area contributed by atoms with E-state index in [2.05, 4.69) is 0 Å². The number of aromatic hydroxyl groups is 1. The number of hydrogen-bond acceptors (Lipinski definition) is 4. The number of nitro benzene ring substituents is 1. The molecule has 0 aliphatic rings. The van der Waals surface area contributed by atoms with Crippen molar-refractivity contribution in [2.45, 2.75) is 6.61 Å². The summed E-state index contributed by atoms with van der Waals surface area (Å²) in [7, 11) is 0. The number of hydrogen-bond donors (Lipinski definition) is 1. The molecule has 2 aromatic rings. The van der Waals surface area contributed by atoms with Crippen LogP contribution in [0.15, 0.2) is 42.5 Å². The van der Waals surface area contributed by atoms with Crippen LogP contribution < -0.4 is 4.74 Å². The van der Waals surface area contributed by atoms with Gasteiger partial charge in [-0.2, -0.15) is 0 Å². The van der Waals surface area contributed by atoms with Gasteiger partial charge in [0, 0.05) is 6.07 Å². The summed E-state index contributed by atoms with van der Waals surface area (Å²) in [5.41, 5.74) is 0.244. The maximum Gasteiger partial charge on any atom is 0.277 e. The Bertz CT molecular complexity index is 598. The second-order valence-corrected chi connectivity index (χ2v) is 4.18. The first kappa shape index (κ1) is 13.2. The lowest BCUT2D eigenvalue weighted by Gasteiger charge is -2.08. The van der Waals surface area contributed by atoms with E-state index in [1.54, 1.807) is 18.2 Å². The van der Waals surface area contributed by atoms with Gasteiger partial charge in [-0.25, -0.2) is 0 Å². The third kappa shape index (κ3) is 3.14. The molecule has 0 atom stereocenters. The Morgan fingerprint density at radius 3 is 2.53 bits per heavy atom. The number of rotatable bonds is 4. The molecule has 0 fully saturated rings. The predicted molar refractivity (Wildman–Crippen MR) is 70.5 cm³/mol. The Morgan fingerprint density at radius 2 is 1.89 bits per heavy atom. The largest absolute Gasteiger partial charge is 0.508 e. The fraction of sp³-hybridized carbons (Fsp3) is 0.0769. The highest BCUT2D eigenvalue weighted by Gasteiger charge is 2.16. The van der Waals surface area contributed by atoms with Gasteiger partial charge in [0.15, 0.2) is 0 Å². The number of benzene rings is 2. The van der Waals surface area contributed by atoms with Gasteiger partial charge >= 0.3 is 0 Å². The van der Waals surface area contributed by atoms with Crippen molar-refractivity contribution in [3.8, 4) is 11.5 Å². The Kier molecular flexibility index (Phi) is 3.87. The van der Waals surface area contributed by atoms with E-state index in [1.807, 2.05) is 0 Å². The van der Waals surface area contributed by atoms with E-state index in [1.165, 1.54) is 24.3 Å². The molecule has 0 unspecified atom stereocenters. The maximum absolute atomic E-state index is 10.9. The van der Waals surface area contributed by atoms with Crippen molar-refractivity contribution in [1.82, 2.24) is 0 Å². The Hall–Kier alpha value is -2.27. The number of nitro groups is 1. The smallest absolute Gasteiger partial charge is 0.277 e. The van der Waals surface area contributed by atoms with Crippen LogP contribution in [-0.2, 0) is 6.61 Å². The molecule has 0 amide bonds. The van der Waals surface area contributed by atoms with E-state index < -0.39 is 4.92 Å². The lowest BCUT2D eigenvalue weighted by Crippen LogP contribution is -2.01. The van der Waals surface area contributed by atoms with Gasteiger partial charge in [-0.3, -0.25) is 10.1 Å². The van der Waals surface area contributed by atoms with Crippen molar-refractivity contribution in [3.05, 3.63) is 63.2 Å². The molecule has 1 N–H and O–H groups in total. The van der Waals surface area contributed by atoms with Crippen LogP contribution in [-0.4, -0.2) is 10.0 Å². The third-order valence-corrected chi connectivity index (χ3v) is 2.86. The molecule has 0 saturated carbocycles. The summed E-state index contributed by atoms with van der Waals surface area (Å²) in [6.45, 7) is -0.0131. The number of halogens is 1. The lowest BCUT2D eigenvalue weighted by molar-refractivity contribution is -0.385. The predicted octanol–water partition coefficient (Wildman–Crippen LogP) is 3.53. The summed E-state index contributed by atoms with van der Waals surface area (Å²) in [5, 5.41) is 20.3. The minimum Gasteiger partial charge on any atom is -0.508 e. The van der Waals surface area contributed by atoms with Crippen LogP contribution in [0.5, 0.6) is 11.5 Å².